The Hall–Kier alpha value is -3.82. The molecule has 0 saturated heterocycles. The van der Waals surface area contributed by atoms with Crippen molar-refractivity contribution in [1.29, 1.82) is 0 Å². The molecule has 4 rings (SSSR count). The van der Waals surface area contributed by atoms with Gasteiger partial charge in [-0.15, -0.1) is 0 Å². The summed E-state index contributed by atoms with van der Waals surface area (Å²) in [6.45, 7) is 1.90. The van der Waals surface area contributed by atoms with Crippen LogP contribution in [-0.2, 0) is 25.6 Å². The number of hydrogen-bond acceptors (Lipinski definition) is 7. The number of benzene rings is 3. The van der Waals surface area contributed by atoms with Crippen LogP contribution in [0.25, 0.3) is 0 Å². The Morgan fingerprint density at radius 1 is 1.03 bits per heavy atom. The molecule has 2 atom stereocenters. The van der Waals surface area contributed by atoms with Crippen LogP contribution in [0.4, 0.5) is 10.1 Å². The lowest BCUT2D eigenvalue weighted by molar-refractivity contribution is -0.151. The second-order valence-electron chi connectivity index (χ2n) is 8.68. The maximum Gasteiger partial charge on any atom is 0.308 e. The lowest BCUT2D eigenvalue weighted by Crippen LogP contribution is -2.40. The number of amides is 1. The highest BCUT2D eigenvalue weighted by atomic mass is 35.5. The maximum absolute atomic E-state index is 14.8. The molecule has 0 spiro atoms. The molecule has 1 amide bonds. The van der Waals surface area contributed by atoms with E-state index in [-0.39, 0.29) is 25.3 Å². The normalized spacial score (nSPS) is 16.8. The SMILES string of the molecule is CCOC(=O)CC1OC(c2cccc(F)c2OC)c2cc(Cl)ccc2N(Cc2ccc(OC)cc2OC)C1=O. The molecule has 206 valence electrons. The molecule has 0 bridgehead atoms. The monoisotopic (exact) mass is 557 g/mol. The number of nitrogens with zero attached hydrogens (tertiary/aromatic N) is 1. The Morgan fingerprint density at radius 3 is 2.51 bits per heavy atom. The summed E-state index contributed by atoms with van der Waals surface area (Å²) in [4.78, 5) is 28.1. The van der Waals surface area contributed by atoms with Gasteiger partial charge in [-0.1, -0.05) is 23.7 Å². The minimum atomic E-state index is -1.25. The van der Waals surface area contributed by atoms with E-state index in [0.29, 0.717) is 38.9 Å². The third kappa shape index (κ3) is 5.94. The first-order chi connectivity index (χ1) is 18.8. The largest absolute Gasteiger partial charge is 0.497 e. The van der Waals surface area contributed by atoms with Crippen molar-refractivity contribution in [2.24, 2.45) is 0 Å². The van der Waals surface area contributed by atoms with Crippen LogP contribution in [0.3, 0.4) is 0 Å². The van der Waals surface area contributed by atoms with Crippen LogP contribution in [0.5, 0.6) is 17.2 Å². The van der Waals surface area contributed by atoms with Gasteiger partial charge in [0.2, 0.25) is 0 Å². The number of rotatable bonds is 9. The summed E-state index contributed by atoms with van der Waals surface area (Å²) in [6.07, 6.45) is -2.59. The zero-order chi connectivity index (χ0) is 28.1. The van der Waals surface area contributed by atoms with Gasteiger partial charge < -0.3 is 28.6 Å². The molecular formula is C29H29ClFNO7. The topological polar surface area (TPSA) is 83.5 Å². The highest BCUT2D eigenvalue weighted by molar-refractivity contribution is 6.30. The van der Waals surface area contributed by atoms with Crippen molar-refractivity contribution in [3.8, 4) is 17.2 Å². The number of para-hydroxylation sites is 1. The van der Waals surface area contributed by atoms with Gasteiger partial charge in [-0.3, -0.25) is 9.59 Å². The summed E-state index contributed by atoms with van der Waals surface area (Å²) in [5.74, 6) is -0.630. The van der Waals surface area contributed by atoms with Crippen molar-refractivity contribution in [1.82, 2.24) is 0 Å². The predicted molar refractivity (Wildman–Crippen MR) is 143 cm³/mol. The number of fused-ring (bicyclic) bond motifs is 1. The third-order valence-electron chi connectivity index (χ3n) is 6.37. The van der Waals surface area contributed by atoms with E-state index < -0.39 is 29.9 Å². The molecule has 2 unspecified atom stereocenters. The Labute approximate surface area is 231 Å². The molecular weight excluding hydrogens is 529 g/mol. The van der Waals surface area contributed by atoms with Crippen molar-refractivity contribution in [2.75, 3.05) is 32.8 Å². The van der Waals surface area contributed by atoms with Gasteiger partial charge in [-0.05, 0) is 43.3 Å². The van der Waals surface area contributed by atoms with Gasteiger partial charge in [-0.2, -0.15) is 0 Å². The molecule has 1 aliphatic rings. The van der Waals surface area contributed by atoms with E-state index in [0.717, 1.165) is 0 Å². The molecule has 39 heavy (non-hydrogen) atoms. The fourth-order valence-electron chi connectivity index (χ4n) is 4.58. The average Bonchev–Trinajstić information content (AvgIpc) is 3.03. The van der Waals surface area contributed by atoms with Crippen molar-refractivity contribution >= 4 is 29.2 Å². The third-order valence-corrected chi connectivity index (χ3v) is 6.60. The number of esters is 1. The summed E-state index contributed by atoms with van der Waals surface area (Å²) < 4.78 is 42.4. The fourth-order valence-corrected chi connectivity index (χ4v) is 4.76. The smallest absolute Gasteiger partial charge is 0.308 e. The van der Waals surface area contributed by atoms with E-state index in [1.54, 1.807) is 56.5 Å². The van der Waals surface area contributed by atoms with Gasteiger partial charge in [0.15, 0.2) is 11.6 Å². The molecule has 3 aromatic carbocycles. The first-order valence-corrected chi connectivity index (χ1v) is 12.6. The van der Waals surface area contributed by atoms with Gasteiger partial charge in [0.1, 0.15) is 23.7 Å². The molecule has 0 radical (unpaired) electrons. The molecule has 8 nitrogen and oxygen atoms in total. The van der Waals surface area contributed by atoms with Gasteiger partial charge >= 0.3 is 5.97 Å². The summed E-state index contributed by atoms with van der Waals surface area (Å²) in [6, 6.07) is 14.7. The van der Waals surface area contributed by atoms with Crippen molar-refractivity contribution in [3.05, 3.63) is 82.1 Å². The molecule has 0 aliphatic carbocycles. The van der Waals surface area contributed by atoms with Crippen LogP contribution >= 0.6 is 11.6 Å². The predicted octanol–water partition coefficient (Wildman–Crippen LogP) is 5.48. The van der Waals surface area contributed by atoms with Crippen LogP contribution in [0.1, 0.15) is 36.1 Å². The zero-order valence-electron chi connectivity index (χ0n) is 22.0. The fraction of sp³-hybridized carbons (Fsp3) is 0.310. The Morgan fingerprint density at radius 2 is 1.82 bits per heavy atom. The summed E-state index contributed by atoms with van der Waals surface area (Å²) in [5.41, 5.74) is 2.00. The number of methoxy groups -OCH3 is 3. The molecule has 10 heteroatoms. The molecule has 0 saturated carbocycles. The first-order valence-electron chi connectivity index (χ1n) is 12.3. The number of anilines is 1. The summed E-state index contributed by atoms with van der Waals surface area (Å²) >= 11 is 6.40. The lowest BCUT2D eigenvalue weighted by Gasteiger charge is -2.26. The van der Waals surface area contributed by atoms with E-state index in [9.17, 15) is 14.0 Å². The zero-order valence-corrected chi connectivity index (χ0v) is 22.8. The minimum Gasteiger partial charge on any atom is -0.497 e. The highest BCUT2D eigenvalue weighted by Gasteiger charge is 2.39. The van der Waals surface area contributed by atoms with Crippen LogP contribution < -0.4 is 19.1 Å². The van der Waals surface area contributed by atoms with E-state index in [2.05, 4.69) is 0 Å². The van der Waals surface area contributed by atoms with Crippen molar-refractivity contribution < 1.29 is 37.7 Å². The maximum atomic E-state index is 14.8. The Kier molecular flexibility index (Phi) is 8.93. The van der Waals surface area contributed by atoms with Crippen LogP contribution in [0.15, 0.2) is 54.6 Å². The number of hydrogen-bond donors (Lipinski definition) is 0. The van der Waals surface area contributed by atoms with Gasteiger partial charge in [-0.25, -0.2) is 4.39 Å². The summed E-state index contributed by atoms with van der Waals surface area (Å²) in [7, 11) is 4.42. The first kappa shape index (κ1) is 28.2. The number of carbonyl (C=O) groups excluding carboxylic acids is 2. The number of halogens is 2. The average molecular weight is 558 g/mol. The minimum absolute atomic E-state index is 0.0407. The van der Waals surface area contributed by atoms with Crippen LogP contribution in [-0.4, -0.2) is 45.9 Å². The Balaban J connectivity index is 1.89. The van der Waals surface area contributed by atoms with Crippen LogP contribution in [0.2, 0.25) is 5.02 Å². The molecule has 0 aromatic heterocycles. The van der Waals surface area contributed by atoms with Gasteiger partial charge in [0, 0.05) is 27.8 Å². The Bertz CT molecular complexity index is 1370. The number of carbonyl (C=O) groups is 2. The van der Waals surface area contributed by atoms with E-state index in [4.69, 9.17) is 35.3 Å². The standard InChI is InChI=1S/C29H29ClFNO7/c1-5-38-26(33)15-25-29(34)32(16-17-9-11-19(35-2)14-24(17)36-3)23-12-10-18(30)13-21(23)27(39-25)20-7-6-8-22(31)28(20)37-4/h6-14,25,27H,5,15-16H2,1-4H3. The molecule has 1 heterocycles. The van der Waals surface area contributed by atoms with E-state index in [1.165, 1.54) is 31.3 Å². The highest BCUT2D eigenvalue weighted by Crippen LogP contribution is 2.44. The second-order valence-corrected chi connectivity index (χ2v) is 9.12. The second kappa shape index (κ2) is 12.4. The molecule has 1 aliphatic heterocycles. The lowest BCUT2D eigenvalue weighted by atomic mass is 9.98. The van der Waals surface area contributed by atoms with E-state index in [1.807, 2.05) is 0 Å². The van der Waals surface area contributed by atoms with Crippen molar-refractivity contribution in [2.45, 2.75) is 32.1 Å². The van der Waals surface area contributed by atoms with Crippen LogP contribution in [0, 0.1) is 5.82 Å². The quantitative estimate of drug-likeness (QED) is 0.322. The molecule has 0 fully saturated rings. The number of ether oxygens (including phenoxy) is 5. The molecule has 0 N–H and O–H groups in total. The van der Waals surface area contributed by atoms with Gasteiger partial charge in [0.25, 0.3) is 5.91 Å². The molecule has 3 aromatic rings. The van der Waals surface area contributed by atoms with Gasteiger partial charge in [0.05, 0.1) is 46.6 Å². The van der Waals surface area contributed by atoms with Crippen molar-refractivity contribution in [3.63, 3.8) is 0 Å². The van der Waals surface area contributed by atoms with E-state index >= 15 is 0 Å². The summed E-state index contributed by atoms with van der Waals surface area (Å²) in [5, 5.41) is 0.385.